The molecule has 0 aliphatic heterocycles. The smallest absolute Gasteiger partial charge is 0.418 e. The fraction of sp³-hybridized carbons (Fsp3) is 0.185. The average molecular weight is 516 g/mol. The molecule has 4 rings (SSSR count). The van der Waals surface area contributed by atoms with Gasteiger partial charge in [-0.05, 0) is 50.6 Å². The van der Waals surface area contributed by atoms with Crippen molar-refractivity contribution < 1.29 is 27.1 Å². The molecule has 0 fully saturated rings. The van der Waals surface area contributed by atoms with Gasteiger partial charge in [-0.3, -0.25) is 9.59 Å². The van der Waals surface area contributed by atoms with Gasteiger partial charge in [-0.2, -0.15) is 13.2 Å². The van der Waals surface area contributed by atoms with Crippen molar-refractivity contribution >= 4 is 34.2 Å². The van der Waals surface area contributed by atoms with Gasteiger partial charge in [0.15, 0.2) is 11.9 Å². The molecule has 0 radical (unpaired) electrons. The Labute approximate surface area is 209 Å². The summed E-state index contributed by atoms with van der Waals surface area (Å²) in [6, 6.07) is 14.8. The molecule has 1 N–H and O–H groups in total. The topological polar surface area (TPSA) is 68.5 Å². The molecule has 4 aromatic rings. The highest BCUT2D eigenvalue weighted by Gasteiger charge is 2.34. The van der Waals surface area contributed by atoms with Crippen LogP contribution in [-0.2, 0) is 11.0 Å². The molecule has 9 heteroatoms. The van der Waals surface area contributed by atoms with E-state index in [1.807, 2.05) is 19.1 Å². The fourth-order valence-electron chi connectivity index (χ4n) is 3.60. The maximum Gasteiger partial charge on any atom is 0.418 e. The van der Waals surface area contributed by atoms with Crippen molar-refractivity contribution in [2.75, 3.05) is 5.32 Å². The lowest BCUT2D eigenvalue weighted by atomic mass is 10.1. The third kappa shape index (κ3) is 5.09. The van der Waals surface area contributed by atoms with Crippen molar-refractivity contribution in [2.45, 2.75) is 33.1 Å². The first-order valence-corrected chi connectivity index (χ1v) is 11.3. The zero-order chi connectivity index (χ0) is 26.2. The molecule has 0 aliphatic carbocycles. The third-order valence-electron chi connectivity index (χ3n) is 5.60. The van der Waals surface area contributed by atoms with Crippen molar-refractivity contribution in [1.82, 2.24) is 0 Å². The summed E-state index contributed by atoms with van der Waals surface area (Å²) in [5, 5.41) is 2.73. The lowest BCUT2D eigenvalue weighted by Gasteiger charge is -2.19. The van der Waals surface area contributed by atoms with Crippen molar-refractivity contribution in [3.05, 3.63) is 92.6 Å². The summed E-state index contributed by atoms with van der Waals surface area (Å²) in [5.41, 5.74) is 0.496. The first-order chi connectivity index (χ1) is 17.0. The highest BCUT2D eigenvalue weighted by Crippen LogP contribution is 2.36. The van der Waals surface area contributed by atoms with E-state index in [9.17, 15) is 22.8 Å². The Morgan fingerprint density at radius 1 is 1.06 bits per heavy atom. The van der Waals surface area contributed by atoms with Crippen LogP contribution in [0.15, 0.2) is 69.9 Å². The second-order valence-electron chi connectivity index (χ2n) is 8.35. The van der Waals surface area contributed by atoms with Crippen molar-refractivity contribution in [3.63, 3.8) is 0 Å². The lowest BCUT2D eigenvalue weighted by molar-refractivity contribution is -0.137. The summed E-state index contributed by atoms with van der Waals surface area (Å²) in [7, 11) is 0. The van der Waals surface area contributed by atoms with Crippen LogP contribution in [-0.4, -0.2) is 12.0 Å². The fourth-order valence-corrected chi connectivity index (χ4v) is 3.77. The molecule has 3 aromatic carbocycles. The number of alkyl halides is 3. The van der Waals surface area contributed by atoms with Crippen molar-refractivity contribution in [3.8, 4) is 17.1 Å². The summed E-state index contributed by atoms with van der Waals surface area (Å²) in [5.74, 6) is -1.04. The summed E-state index contributed by atoms with van der Waals surface area (Å²) < 4.78 is 51.8. The lowest BCUT2D eigenvalue weighted by Crippen LogP contribution is -2.32. The second kappa shape index (κ2) is 9.70. The Morgan fingerprint density at radius 3 is 2.39 bits per heavy atom. The maximum absolute atomic E-state index is 13.4. The number of hydrogen-bond acceptors (Lipinski definition) is 4. The predicted molar refractivity (Wildman–Crippen MR) is 133 cm³/mol. The normalized spacial score (nSPS) is 12.4. The van der Waals surface area contributed by atoms with Crippen LogP contribution < -0.4 is 15.5 Å². The molecule has 0 saturated heterocycles. The van der Waals surface area contributed by atoms with Gasteiger partial charge in [0.25, 0.3) is 5.91 Å². The number of fused-ring (bicyclic) bond motifs is 1. The minimum atomic E-state index is -4.66. The number of ether oxygens (including phenoxy) is 1. The molecule has 0 saturated carbocycles. The summed E-state index contributed by atoms with van der Waals surface area (Å²) in [4.78, 5) is 26.2. The minimum Gasteiger partial charge on any atom is -0.473 e. The molecule has 0 bridgehead atoms. The van der Waals surface area contributed by atoms with E-state index in [2.05, 4.69) is 5.32 Å². The summed E-state index contributed by atoms with van der Waals surface area (Å²) in [6.45, 7) is 4.99. The van der Waals surface area contributed by atoms with Gasteiger partial charge >= 0.3 is 6.18 Å². The Bertz CT molecular complexity index is 1510. The van der Waals surface area contributed by atoms with Gasteiger partial charge in [0.2, 0.25) is 11.2 Å². The van der Waals surface area contributed by atoms with Gasteiger partial charge in [0.05, 0.1) is 16.6 Å². The molecular weight excluding hydrogens is 495 g/mol. The molecule has 1 unspecified atom stereocenters. The number of carbonyl (C=O) groups excluding carboxylic acids is 1. The number of carbonyl (C=O) groups is 1. The van der Waals surface area contributed by atoms with Gasteiger partial charge in [-0.15, -0.1) is 0 Å². The van der Waals surface area contributed by atoms with Crippen molar-refractivity contribution in [2.24, 2.45) is 0 Å². The van der Waals surface area contributed by atoms with Crippen LogP contribution in [0.2, 0.25) is 5.02 Å². The standard InChI is InChI=1S/C27H21ClF3NO4/c1-14-8-10-17(11-9-14)24-25(23(33)18-13-20(28)15(2)12-22(18)36-24)35-16(3)26(34)32-21-7-5-4-6-19(21)27(29,30)31/h4-13,16H,1-3H3,(H,32,34). The number of para-hydroxylation sites is 1. The van der Waals surface area contributed by atoms with Crippen LogP contribution in [0.5, 0.6) is 5.75 Å². The maximum atomic E-state index is 13.4. The average Bonchev–Trinajstić information content (AvgIpc) is 2.82. The van der Waals surface area contributed by atoms with E-state index in [4.69, 9.17) is 20.8 Å². The molecule has 5 nitrogen and oxygen atoms in total. The highest BCUT2D eigenvalue weighted by atomic mass is 35.5. The first-order valence-electron chi connectivity index (χ1n) is 10.9. The van der Waals surface area contributed by atoms with Crippen LogP contribution in [0, 0.1) is 13.8 Å². The minimum absolute atomic E-state index is 0.0876. The van der Waals surface area contributed by atoms with Crippen molar-refractivity contribution in [1.29, 1.82) is 0 Å². The van der Waals surface area contributed by atoms with E-state index in [-0.39, 0.29) is 22.5 Å². The summed E-state index contributed by atoms with van der Waals surface area (Å²) in [6.07, 6.45) is -6.00. The molecule has 186 valence electrons. The molecule has 1 heterocycles. The zero-order valence-corrected chi connectivity index (χ0v) is 20.3. The number of rotatable bonds is 5. The number of aryl methyl sites for hydroxylation is 2. The van der Waals surface area contributed by atoms with E-state index >= 15 is 0 Å². The van der Waals surface area contributed by atoms with Crippen LogP contribution in [0.4, 0.5) is 18.9 Å². The van der Waals surface area contributed by atoms with Gasteiger partial charge in [-0.25, -0.2) is 0 Å². The first kappa shape index (κ1) is 25.3. The van der Waals surface area contributed by atoms with Crippen LogP contribution in [0.3, 0.4) is 0 Å². The quantitative estimate of drug-likeness (QED) is 0.306. The molecule has 1 aromatic heterocycles. The Balaban J connectivity index is 1.75. The second-order valence-corrected chi connectivity index (χ2v) is 8.75. The Kier molecular flexibility index (Phi) is 6.82. The number of benzene rings is 3. The third-order valence-corrected chi connectivity index (χ3v) is 6.01. The molecule has 36 heavy (non-hydrogen) atoms. The van der Waals surface area contributed by atoms with E-state index < -0.39 is 34.9 Å². The van der Waals surface area contributed by atoms with E-state index in [1.54, 1.807) is 25.1 Å². The monoisotopic (exact) mass is 515 g/mol. The van der Waals surface area contributed by atoms with Crippen LogP contribution in [0.25, 0.3) is 22.3 Å². The number of nitrogens with one attached hydrogen (secondary N) is 1. The molecular formula is C27H21ClF3NO4. The van der Waals surface area contributed by atoms with E-state index in [0.717, 1.165) is 17.7 Å². The SMILES string of the molecule is Cc1ccc(-c2oc3cc(C)c(Cl)cc3c(=O)c2OC(C)C(=O)Nc2ccccc2C(F)(F)F)cc1. The number of halogens is 4. The largest absolute Gasteiger partial charge is 0.473 e. The van der Waals surface area contributed by atoms with E-state index in [1.165, 1.54) is 25.1 Å². The zero-order valence-electron chi connectivity index (χ0n) is 19.5. The Hall–Kier alpha value is -3.78. The number of amides is 1. The predicted octanol–water partition coefficient (Wildman–Crippen LogP) is 7.16. The van der Waals surface area contributed by atoms with Gasteiger partial charge in [0.1, 0.15) is 5.58 Å². The highest BCUT2D eigenvalue weighted by molar-refractivity contribution is 6.32. The van der Waals surface area contributed by atoms with Gasteiger partial charge in [0, 0.05) is 10.6 Å². The van der Waals surface area contributed by atoms with Crippen LogP contribution >= 0.6 is 11.6 Å². The molecule has 1 amide bonds. The van der Waals surface area contributed by atoms with Gasteiger partial charge in [-0.1, -0.05) is 53.6 Å². The van der Waals surface area contributed by atoms with Gasteiger partial charge < -0.3 is 14.5 Å². The summed E-state index contributed by atoms with van der Waals surface area (Å²) >= 11 is 6.21. The van der Waals surface area contributed by atoms with Crippen LogP contribution in [0.1, 0.15) is 23.6 Å². The van der Waals surface area contributed by atoms with E-state index in [0.29, 0.717) is 16.1 Å². The number of hydrogen-bond donors (Lipinski definition) is 1. The Morgan fingerprint density at radius 2 is 1.72 bits per heavy atom. The molecule has 1 atom stereocenters. The molecule has 0 aliphatic rings. The number of anilines is 1. The molecule has 0 spiro atoms.